The molecule has 2 saturated heterocycles. The van der Waals surface area contributed by atoms with E-state index in [4.69, 9.17) is 9.26 Å². The van der Waals surface area contributed by atoms with Gasteiger partial charge in [0.2, 0.25) is 5.89 Å². The molecule has 0 aromatic carbocycles. The van der Waals surface area contributed by atoms with Crippen molar-refractivity contribution in [3.8, 4) is 0 Å². The Morgan fingerprint density at radius 1 is 1.33 bits per heavy atom. The Morgan fingerprint density at radius 3 is 2.76 bits per heavy atom. The first-order chi connectivity index (χ1) is 10.3. The Balaban J connectivity index is 1.47. The molecule has 2 fully saturated rings. The quantitative estimate of drug-likeness (QED) is 0.803. The maximum Gasteiger partial charge on any atom is 0.251 e. The molecule has 0 radical (unpaired) electrons. The summed E-state index contributed by atoms with van der Waals surface area (Å²) in [5, 5.41) is 3.90. The number of aryl methyl sites for hydroxylation is 1. The summed E-state index contributed by atoms with van der Waals surface area (Å²) in [5.41, 5.74) is 0. The highest BCUT2D eigenvalue weighted by Gasteiger charge is 2.30. The fourth-order valence-corrected chi connectivity index (χ4v) is 2.79. The summed E-state index contributed by atoms with van der Waals surface area (Å²) in [4.78, 5) is 20.7. The molecule has 116 valence electrons. The maximum atomic E-state index is 12.2. The number of hydrogen-bond donors (Lipinski definition) is 0. The minimum atomic E-state index is -0.209. The van der Waals surface area contributed by atoms with Gasteiger partial charge in [0, 0.05) is 39.2 Å². The van der Waals surface area contributed by atoms with Gasteiger partial charge in [0.25, 0.3) is 5.91 Å². The number of amides is 1. The molecule has 7 heteroatoms. The summed E-state index contributed by atoms with van der Waals surface area (Å²) in [6.07, 6.45) is 2.43. The van der Waals surface area contributed by atoms with Crippen LogP contribution in [0.1, 0.15) is 31.5 Å². The van der Waals surface area contributed by atoms with Crippen LogP contribution in [0.25, 0.3) is 0 Å². The largest absolute Gasteiger partial charge is 0.368 e. The molecular formula is C14H22N4O3. The average Bonchev–Trinajstić information content (AvgIpc) is 3.19. The highest BCUT2D eigenvalue weighted by molar-refractivity contribution is 5.81. The van der Waals surface area contributed by atoms with Gasteiger partial charge in [-0.2, -0.15) is 4.98 Å². The van der Waals surface area contributed by atoms with Crippen LogP contribution in [0.4, 0.5) is 0 Å². The van der Waals surface area contributed by atoms with Crippen molar-refractivity contribution >= 4 is 5.91 Å². The van der Waals surface area contributed by atoms with Crippen molar-refractivity contribution in [2.24, 2.45) is 0 Å². The predicted molar refractivity (Wildman–Crippen MR) is 74.5 cm³/mol. The van der Waals surface area contributed by atoms with Gasteiger partial charge >= 0.3 is 0 Å². The van der Waals surface area contributed by atoms with E-state index >= 15 is 0 Å². The molecule has 1 aromatic rings. The first-order valence-electron chi connectivity index (χ1n) is 7.70. The van der Waals surface area contributed by atoms with Gasteiger partial charge in [0.15, 0.2) is 5.82 Å². The summed E-state index contributed by atoms with van der Waals surface area (Å²) in [6, 6.07) is 0. The number of piperazine rings is 1. The molecular weight excluding hydrogens is 272 g/mol. The number of rotatable bonds is 4. The fourth-order valence-electron chi connectivity index (χ4n) is 2.79. The highest BCUT2D eigenvalue weighted by Crippen LogP contribution is 2.16. The van der Waals surface area contributed by atoms with E-state index in [0.29, 0.717) is 19.0 Å². The lowest BCUT2D eigenvalue weighted by atomic mass is 10.2. The molecule has 21 heavy (non-hydrogen) atoms. The van der Waals surface area contributed by atoms with Crippen LogP contribution in [-0.4, -0.2) is 64.7 Å². The van der Waals surface area contributed by atoms with Crippen LogP contribution in [0.15, 0.2) is 4.52 Å². The van der Waals surface area contributed by atoms with E-state index in [0.717, 1.165) is 51.3 Å². The van der Waals surface area contributed by atoms with Gasteiger partial charge in [-0.15, -0.1) is 0 Å². The van der Waals surface area contributed by atoms with Gasteiger partial charge in [-0.3, -0.25) is 9.69 Å². The molecule has 3 rings (SSSR count). The standard InChI is InChI=1S/C14H22N4O3/c1-2-12-15-13(21-16-12)10-17-5-7-18(8-6-17)14(19)11-4-3-9-20-11/h11H,2-10H2,1H3. The predicted octanol–water partition coefficient (Wildman–Crippen LogP) is 0.455. The molecule has 0 bridgehead atoms. The zero-order chi connectivity index (χ0) is 14.7. The molecule has 1 unspecified atom stereocenters. The number of ether oxygens (including phenoxy) is 1. The second-order valence-corrected chi connectivity index (χ2v) is 5.56. The fraction of sp³-hybridized carbons (Fsp3) is 0.786. The third-order valence-electron chi connectivity index (χ3n) is 4.07. The van der Waals surface area contributed by atoms with E-state index < -0.39 is 0 Å². The SMILES string of the molecule is CCc1noc(CN2CCN(C(=O)C3CCCO3)CC2)n1. The monoisotopic (exact) mass is 294 g/mol. The van der Waals surface area contributed by atoms with E-state index in [1.165, 1.54) is 0 Å². The third kappa shape index (κ3) is 3.41. The lowest BCUT2D eigenvalue weighted by Gasteiger charge is -2.35. The molecule has 2 aliphatic rings. The molecule has 1 atom stereocenters. The van der Waals surface area contributed by atoms with Crippen LogP contribution in [0.3, 0.4) is 0 Å². The highest BCUT2D eigenvalue weighted by atomic mass is 16.5. The molecule has 0 aliphatic carbocycles. The Labute approximate surface area is 124 Å². The molecule has 1 aromatic heterocycles. The van der Waals surface area contributed by atoms with Gasteiger partial charge in [-0.1, -0.05) is 12.1 Å². The summed E-state index contributed by atoms with van der Waals surface area (Å²) < 4.78 is 10.7. The minimum absolute atomic E-state index is 0.151. The Kier molecular flexibility index (Phi) is 4.50. The lowest BCUT2D eigenvalue weighted by Crippen LogP contribution is -2.51. The number of carbonyl (C=O) groups excluding carboxylic acids is 1. The van der Waals surface area contributed by atoms with E-state index in [9.17, 15) is 4.79 Å². The molecule has 3 heterocycles. The van der Waals surface area contributed by atoms with E-state index in [-0.39, 0.29) is 12.0 Å². The number of hydrogen-bond acceptors (Lipinski definition) is 6. The number of carbonyl (C=O) groups is 1. The van der Waals surface area contributed by atoms with Gasteiger partial charge in [0.1, 0.15) is 6.10 Å². The Hall–Kier alpha value is -1.47. The van der Waals surface area contributed by atoms with E-state index in [2.05, 4.69) is 15.0 Å². The summed E-state index contributed by atoms with van der Waals surface area (Å²) >= 11 is 0. The molecule has 0 N–H and O–H groups in total. The Morgan fingerprint density at radius 2 is 2.14 bits per heavy atom. The second kappa shape index (κ2) is 6.53. The first kappa shape index (κ1) is 14.5. The van der Waals surface area contributed by atoms with Crippen molar-refractivity contribution in [3.63, 3.8) is 0 Å². The number of nitrogens with zero attached hydrogens (tertiary/aromatic N) is 4. The van der Waals surface area contributed by atoms with Crippen LogP contribution in [0, 0.1) is 0 Å². The van der Waals surface area contributed by atoms with Gasteiger partial charge in [-0.05, 0) is 12.8 Å². The third-order valence-corrected chi connectivity index (χ3v) is 4.07. The average molecular weight is 294 g/mol. The van der Waals surface area contributed by atoms with Gasteiger partial charge < -0.3 is 14.2 Å². The first-order valence-corrected chi connectivity index (χ1v) is 7.70. The lowest BCUT2D eigenvalue weighted by molar-refractivity contribution is -0.142. The van der Waals surface area contributed by atoms with Crippen molar-refractivity contribution in [1.82, 2.24) is 19.9 Å². The Bertz CT molecular complexity index is 476. The van der Waals surface area contributed by atoms with Crippen LogP contribution in [0.5, 0.6) is 0 Å². The van der Waals surface area contributed by atoms with Gasteiger partial charge in [0.05, 0.1) is 6.54 Å². The van der Waals surface area contributed by atoms with Crippen molar-refractivity contribution in [2.75, 3.05) is 32.8 Å². The minimum Gasteiger partial charge on any atom is -0.368 e. The van der Waals surface area contributed by atoms with Crippen LogP contribution in [0.2, 0.25) is 0 Å². The second-order valence-electron chi connectivity index (χ2n) is 5.56. The van der Waals surface area contributed by atoms with Crippen molar-refractivity contribution < 1.29 is 14.1 Å². The zero-order valence-electron chi connectivity index (χ0n) is 12.5. The molecule has 0 saturated carbocycles. The zero-order valence-corrected chi connectivity index (χ0v) is 12.5. The van der Waals surface area contributed by atoms with Gasteiger partial charge in [-0.25, -0.2) is 0 Å². The summed E-state index contributed by atoms with van der Waals surface area (Å²) in [7, 11) is 0. The topological polar surface area (TPSA) is 71.7 Å². The van der Waals surface area contributed by atoms with Crippen LogP contribution in [-0.2, 0) is 22.5 Å². The molecule has 2 aliphatic heterocycles. The summed E-state index contributed by atoms with van der Waals surface area (Å²) in [5.74, 6) is 1.56. The van der Waals surface area contributed by atoms with Crippen molar-refractivity contribution in [3.05, 3.63) is 11.7 Å². The van der Waals surface area contributed by atoms with Crippen molar-refractivity contribution in [2.45, 2.75) is 38.8 Å². The molecule has 1 amide bonds. The number of aromatic nitrogens is 2. The smallest absolute Gasteiger partial charge is 0.251 e. The summed E-state index contributed by atoms with van der Waals surface area (Å²) in [6.45, 7) is 6.54. The van der Waals surface area contributed by atoms with Crippen LogP contribution < -0.4 is 0 Å². The molecule has 7 nitrogen and oxygen atoms in total. The molecule has 0 spiro atoms. The van der Waals surface area contributed by atoms with E-state index in [1.54, 1.807) is 0 Å². The van der Waals surface area contributed by atoms with Crippen LogP contribution >= 0.6 is 0 Å². The maximum absolute atomic E-state index is 12.2. The van der Waals surface area contributed by atoms with Crippen molar-refractivity contribution in [1.29, 1.82) is 0 Å². The van der Waals surface area contributed by atoms with E-state index in [1.807, 2.05) is 11.8 Å². The normalized spacial score (nSPS) is 23.7.